The molecule has 2 aromatic carbocycles. The van der Waals surface area contributed by atoms with Crippen molar-refractivity contribution < 1.29 is 51.1 Å². The Morgan fingerprint density at radius 3 is 1.84 bits per heavy atom. The number of amides is 1. The summed E-state index contributed by atoms with van der Waals surface area (Å²) < 4.78 is 25.2. The minimum Gasteiger partial charge on any atom is -1.00 e. The molecule has 0 aliphatic heterocycles. The molecule has 7 N–H and O–H groups in total. The van der Waals surface area contributed by atoms with E-state index in [1.54, 1.807) is 21.1 Å². The number of ether oxygens (including phenoxy) is 3. The Labute approximate surface area is 287 Å². The summed E-state index contributed by atoms with van der Waals surface area (Å²) in [7, 11) is 3.31. The fourth-order valence-electron chi connectivity index (χ4n) is 4.73. The lowest BCUT2D eigenvalue weighted by Gasteiger charge is -2.07. The van der Waals surface area contributed by atoms with E-state index in [1.165, 1.54) is 42.5 Å². The number of rotatable bonds is 8. The summed E-state index contributed by atoms with van der Waals surface area (Å²) >= 11 is 0. The van der Waals surface area contributed by atoms with Crippen molar-refractivity contribution in [2.75, 3.05) is 27.3 Å². The third-order valence-electron chi connectivity index (χ3n) is 7.29. The van der Waals surface area contributed by atoms with Gasteiger partial charge in [0.1, 0.15) is 23.0 Å². The van der Waals surface area contributed by atoms with E-state index in [0.29, 0.717) is 13.0 Å². The summed E-state index contributed by atoms with van der Waals surface area (Å²) in [6, 6.07) is 14.2. The molecule has 0 spiro atoms. The molecule has 4 heterocycles. The normalized spacial score (nSPS) is 10.2. The maximum atomic E-state index is 11.9. The van der Waals surface area contributed by atoms with Crippen LogP contribution in [0.15, 0.2) is 91.9 Å². The van der Waals surface area contributed by atoms with Crippen LogP contribution in [-0.2, 0) is 12.8 Å². The van der Waals surface area contributed by atoms with Crippen LogP contribution in [0, 0.1) is 13.8 Å². The molecule has 0 saturated carbocycles. The van der Waals surface area contributed by atoms with Crippen molar-refractivity contribution in [1.29, 1.82) is 0 Å². The number of aryl methyl sites for hydroxylation is 2. The SMILES string of the molecule is COc1ccc2[nH]cc(CCNC(=O)Oc3c(C)occc3=O)c2c1.COc1ccc2[nH]cc(CC[NH3+])c2c1.Cc1occc(=O)c1O.[Cl-]. The molecule has 0 radical (unpaired) electrons. The zero-order valence-electron chi connectivity index (χ0n) is 27.6. The van der Waals surface area contributed by atoms with E-state index in [-0.39, 0.29) is 35.4 Å². The van der Waals surface area contributed by atoms with Crippen LogP contribution in [0.25, 0.3) is 21.8 Å². The van der Waals surface area contributed by atoms with Gasteiger partial charge in [0.15, 0.2) is 0 Å². The van der Waals surface area contributed by atoms with Gasteiger partial charge in [-0.2, -0.15) is 0 Å². The highest BCUT2D eigenvalue weighted by Gasteiger charge is 2.12. The molecule has 260 valence electrons. The second-order valence-electron chi connectivity index (χ2n) is 10.5. The van der Waals surface area contributed by atoms with Crippen LogP contribution >= 0.6 is 0 Å². The van der Waals surface area contributed by atoms with Gasteiger partial charge in [-0.15, -0.1) is 0 Å². The molecule has 0 bridgehead atoms. The minimum atomic E-state index is -0.695. The van der Waals surface area contributed by atoms with Gasteiger partial charge in [-0.05, 0) is 67.8 Å². The number of H-pyrrole nitrogens is 2. The Bertz CT molecular complexity index is 2100. The van der Waals surface area contributed by atoms with Crippen molar-refractivity contribution in [2.24, 2.45) is 0 Å². The Kier molecular flexibility index (Phi) is 13.9. The lowest BCUT2D eigenvalue weighted by molar-refractivity contribution is -0.366. The zero-order valence-corrected chi connectivity index (χ0v) is 28.3. The monoisotopic (exact) mass is 694 g/mol. The molecular formula is C35H39ClN4O9. The topological polar surface area (TPSA) is 197 Å². The highest BCUT2D eigenvalue weighted by Crippen LogP contribution is 2.24. The number of aromatic amines is 2. The van der Waals surface area contributed by atoms with Crippen LogP contribution < -0.4 is 48.5 Å². The third kappa shape index (κ3) is 9.92. The average Bonchev–Trinajstić information content (AvgIpc) is 3.69. The molecule has 4 aromatic heterocycles. The molecule has 49 heavy (non-hydrogen) atoms. The zero-order chi connectivity index (χ0) is 34.6. The van der Waals surface area contributed by atoms with Crippen LogP contribution in [0.5, 0.6) is 23.0 Å². The first kappa shape index (κ1) is 37.8. The van der Waals surface area contributed by atoms with Crippen LogP contribution in [0.4, 0.5) is 4.79 Å². The lowest BCUT2D eigenvalue weighted by atomic mass is 10.1. The van der Waals surface area contributed by atoms with Crippen molar-refractivity contribution in [2.45, 2.75) is 26.7 Å². The van der Waals surface area contributed by atoms with Gasteiger partial charge < -0.3 is 61.6 Å². The summed E-state index contributed by atoms with van der Waals surface area (Å²) in [5.74, 6) is 1.78. The molecular weight excluding hydrogens is 656 g/mol. The molecule has 0 fully saturated rings. The van der Waals surface area contributed by atoms with Crippen LogP contribution in [0.2, 0.25) is 0 Å². The molecule has 6 rings (SSSR count). The highest BCUT2D eigenvalue weighted by molar-refractivity contribution is 5.85. The minimum absolute atomic E-state index is 0. The number of fused-ring (bicyclic) bond motifs is 2. The molecule has 14 heteroatoms. The maximum Gasteiger partial charge on any atom is 0.412 e. The highest BCUT2D eigenvalue weighted by atomic mass is 35.5. The number of methoxy groups -OCH3 is 2. The van der Waals surface area contributed by atoms with E-state index in [9.17, 15) is 14.4 Å². The average molecular weight is 695 g/mol. The second kappa shape index (κ2) is 18.0. The molecule has 0 aliphatic rings. The number of aromatic nitrogens is 2. The first-order valence-electron chi connectivity index (χ1n) is 15.0. The molecule has 0 saturated heterocycles. The van der Waals surface area contributed by atoms with E-state index >= 15 is 0 Å². The predicted octanol–water partition coefficient (Wildman–Crippen LogP) is 1.39. The van der Waals surface area contributed by atoms with Crippen LogP contribution in [-0.4, -0.2) is 48.5 Å². The van der Waals surface area contributed by atoms with Gasteiger partial charge in [0.2, 0.25) is 22.4 Å². The lowest BCUT2D eigenvalue weighted by Crippen LogP contribution is -3.00. The van der Waals surface area contributed by atoms with Gasteiger partial charge in [0, 0.05) is 59.3 Å². The van der Waals surface area contributed by atoms with Gasteiger partial charge >= 0.3 is 6.09 Å². The maximum absolute atomic E-state index is 11.9. The van der Waals surface area contributed by atoms with Crippen molar-refractivity contribution in [3.8, 4) is 23.0 Å². The van der Waals surface area contributed by atoms with E-state index < -0.39 is 17.0 Å². The fourth-order valence-corrected chi connectivity index (χ4v) is 4.73. The summed E-state index contributed by atoms with van der Waals surface area (Å²) in [6.07, 6.45) is 7.37. The molecule has 6 aromatic rings. The number of hydrogen-bond donors (Lipinski definition) is 5. The Morgan fingerprint density at radius 1 is 0.816 bits per heavy atom. The predicted molar refractivity (Wildman–Crippen MR) is 180 cm³/mol. The van der Waals surface area contributed by atoms with Gasteiger partial charge in [-0.25, -0.2) is 4.79 Å². The molecule has 1 amide bonds. The summed E-state index contributed by atoms with van der Waals surface area (Å²) in [5.41, 5.74) is 7.58. The van der Waals surface area contributed by atoms with Crippen LogP contribution in [0.1, 0.15) is 22.6 Å². The first-order chi connectivity index (χ1) is 23.1. The van der Waals surface area contributed by atoms with Crippen molar-refractivity contribution in [3.63, 3.8) is 0 Å². The molecule has 13 nitrogen and oxygen atoms in total. The van der Waals surface area contributed by atoms with E-state index in [1.807, 2.05) is 36.5 Å². The smallest absolute Gasteiger partial charge is 0.412 e. The van der Waals surface area contributed by atoms with E-state index in [2.05, 4.69) is 37.7 Å². The number of aromatic hydroxyl groups is 1. The number of carbonyl (C=O) groups excluding carboxylic acids is 1. The standard InChI is InChI=1S/C18H18N2O5.C11H14N2O.C6H6O3.ClH/c1-11-17(16(21)6-8-24-11)25-18(22)19-7-5-12-10-20-15-4-3-13(23-2)9-14(12)15;1-14-9-2-3-11-10(6-9)8(4-5-12)7-13-11;1-4-6(8)5(7)2-3-9-4;/h3-4,6,8-10,20H,5,7H2,1-2H3,(H,19,22);2-3,6-7,13H,4-5,12H2,1H3;2-3,8H,1H3;1H. The number of halogens is 1. The van der Waals surface area contributed by atoms with E-state index in [0.717, 1.165) is 46.4 Å². The van der Waals surface area contributed by atoms with Crippen molar-refractivity contribution in [3.05, 3.63) is 117 Å². The van der Waals surface area contributed by atoms with Gasteiger partial charge in [0.05, 0.1) is 33.3 Å². The second-order valence-corrected chi connectivity index (χ2v) is 10.5. The first-order valence-corrected chi connectivity index (χ1v) is 15.0. The van der Waals surface area contributed by atoms with E-state index in [4.69, 9.17) is 23.7 Å². The van der Waals surface area contributed by atoms with Crippen molar-refractivity contribution in [1.82, 2.24) is 15.3 Å². The number of nitrogens with one attached hydrogen (secondary N) is 3. The fraction of sp³-hybridized carbons (Fsp3) is 0.229. The summed E-state index contributed by atoms with van der Waals surface area (Å²) in [5, 5.41) is 13.7. The van der Waals surface area contributed by atoms with Gasteiger partial charge in [0.25, 0.3) is 0 Å². The number of quaternary nitrogens is 1. The van der Waals surface area contributed by atoms with Crippen molar-refractivity contribution >= 4 is 27.9 Å². The number of benzene rings is 2. The molecule has 0 unspecified atom stereocenters. The summed E-state index contributed by atoms with van der Waals surface area (Å²) in [6.45, 7) is 4.37. The largest absolute Gasteiger partial charge is 1.00 e. The van der Waals surface area contributed by atoms with Gasteiger partial charge in [-0.3, -0.25) is 9.59 Å². The third-order valence-corrected chi connectivity index (χ3v) is 7.29. The number of hydrogen-bond acceptors (Lipinski definition) is 9. The van der Waals surface area contributed by atoms with Crippen LogP contribution in [0.3, 0.4) is 0 Å². The number of carbonyl (C=O) groups is 1. The Balaban J connectivity index is 0.000000227. The Hall–Kier alpha value is -5.66. The quantitative estimate of drug-likeness (QED) is 0.156. The Morgan fingerprint density at radius 2 is 1.35 bits per heavy atom. The summed E-state index contributed by atoms with van der Waals surface area (Å²) in [4.78, 5) is 40.5. The van der Waals surface area contributed by atoms with Gasteiger partial charge in [-0.1, -0.05) is 0 Å². The molecule has 0 atom stereocenters. The molecule has 0 aliphatic carbocycles.